The predicted molar refractivity (Wildman–Crippen MR) is 48.5 cm³/mol. The Morgan fingerprint density at radius 1 is 1.17 bits per heavy atom. The summed E-state index contributed by atoms with van der Waals surface area (Å²) in [6, 6.07) is 0. The smallest absolute Gasteiger partial charge is 0.206 e. The predicted octanol–water partition coefficient (Wildman–Crippen LogP) is 4.02. The van der Waals surface area contributed by atoms with Crippen LogP contribution in [0, 0.1) is 5.41 Å². The highest BCUT2D eigenvalue weighted by Crippen LogP contribution is 2.36. The first-order valence-corrected chi connectivity index (χ1v) is 4.37. The standard InChI is InChI=1S/C10H18F2/c1-5-6-7-8-9(2,3)10(4,11)12/h7-8H,5-6H2,1-4H3/b8-7-. The van der Waals surface area contributed by atoms with Crippen molar-refractivity contribution in [2.45, 2.75) is 46.5 Å². The van der Waals surface area contributed by atoms with Crippen molar-refractivity contribution in [2.24, 2.45) is 5.41 Å². The second-order valence-electron chi connectivity index (χ2n) is 3.80. The summed E-state index contributed by atoms with van der Waals surface area (Å²) in [5.41, 5.74) is -1.03. The van der Waals surface area contributed by atoms with E-state index < -0.39 is 11.3 Å². The van der Waals surface area contributed by atoms with Gasteiger partial charge in [-0.3, -0.25) is 0 Å². The maximum absolute atomic E-state index is 12.9. The zero-order valence-corrected chi connectivity index (χ0v) is 8.32. The molecule has 0 saturated heterocycles. The van der Waals surface area contributed by atoms with Crippen LogP contribution in [-0.2, 0) is 0 Å². The maximum atomic E-state index is 12.9. The van der Waals surface area contributed by atoms with Crippen molar-refractivity contribution in [1.82, 2.24) is 0 Å². The van der Waals surface area contributed by atoms with Crippen molar-refractivity contribution in [3.63, 3.8) is 0 Å². The highest BCUT2D eigenvalue weighted by atomic mass is 19.3. The lowest BCUT2D eigenvalue weighted by Gasteiger charge is -2.27. The molecule has 12 heavy (non-hydrogen) atoms. The van der Waals surface area contributed by atoms with Gasteiger partial charge < -0.3 is 0 Å². The van der Waals surface area contributed by atoms with Crippen molar-refractivity contribution in [2.75, 3.05) is 0 Å². The summed E-state index contributed by atoms with van der Waals surface area (Å²) in [6.45, 7) is 6.10. The van der Waals surface area contributed by atoms with E-state index in [2.05, 4.69) is 0 Å². The largest absolute Gasteiger partial charge is 0.253 e. The number of halogens is 2. The minimum Gasteiger partial charge on any atom is -0.206 e. The van der Waals surface area contributed by atoms with Crippen LogP contribution in [0.3, 0.4) is 0 Å². The molecule has 0 fully saturated rings. The van der Waals surface area contributed by atoms with E-state index in [9.17, 15) is 8.78 Å². The summed E-state index contributed by atoms with van der Waals surface area (Å²) in [5, 5.41) is 0. The highest BCUT2D eigenvalue weighted by Gasteiger charge is 2.39. The Balaban J connectivity index is 4.22. The molecule has 0 heterocycles. The van der Waals surface area contributed by atoms with Crippen molar-refractivity contribution < 1.29 is 8.78 Å². The second kappa shape index (κ2) is 4.01. The van der Waals surface area contributed by atoms with Crippen LogP contribution in [0.5, 0.6) is 0 Å². The summed E-state index contributed by atoms with van der Waals surface area (Å²) >= 11 is 0. The first-order valence-electron chi connectivity index (χ1n) is 4.37. The van der Waals surface area contributed by atoms with Crippen LogP contribution in [0.15, 0.2) is 12.2 Å². The van der Waals surface area contributed by atoms with Gasteiger partial charge in [0.1, 0.15) is 0 Å². The zero-order valence-electron chi connectivity index (χ0n) is 8.32. The minimum absolute atomic E-state index is 0.875. The van der Waals surface area contributed by atoms with Crippen LogP contribution < -0.4 is 0 Å². The topological polar surface area (TPSA) is 0 Å². The van der Waals surface area contributed by atoms with E-state index in [1.807, 2.05) is 13.0 Å². The average molecular weight is 176 g/mol. The highest BCUT2D eigenvalue weighted by molar-refractivity contribution is 5.00. The molecule has 0 atom stereocenters. The molecule has 0 radical (unpaired) electrons. The van der Waals surface area contributed by atoms with Crippen molar-refractivity contribution in [3.05, 3.63) is 12.2 Å². The van der Waals surface area contributed by atoms with E-state index in [1.165, 1.54) is 0 Å². The van der Waals surface area contributed by atoms with Gasteiger partial charge in [0.25, 0.3) is 5.92 Å². The van der Waals surface area contributed by atoms with Gasteiger partial charge in [-0.1, -0.05) is 39.3 Å². The lowest BCUT2D eigenvalue weighted by molar-refractivity contribution is -0.0635. The molecule has 0 aliphatic rings. The molecule has 0 aliphatic carbocycles. The van der Waals surface area contributed by atoms with Gasteiger partial charge in [-0.05, 0) is 6.42 Å². The van der Waals surface area contributed by atoms with E-state index in [-0.39, 0.29) is 0 Å². The number of hydrogen-bond acceptors (Lipinski definition) is 0. The van der Waals surface area contributed by atoms with Crippen LogP contribution >= 0.6 is 0 Å². The van der Waals surface area contributed by atoms with Gasteiger partial charge in [-0.2, -0.15) is 0 Å². The molecule has 0 aliphatic heterocycles. The third-order valence-corrected chi connectivity index (χ3v) is 2.12. The average Bonchev–Trinajstić information content (AvgIpc) is 1.85. The van der Waals surface area contributed by atoms with E-state index in [4.69, 9.17) is 0 Å². The molecule has 0 spiro atoms. The normalized spacial score (nSPS) is 14.2. The van der Waals surface area contributed by atoms with Gasteiger partial charge in [-0.25, -0.2) is 8.78 Å². The molecule has 0 nitrogen and oxygen atoms in total. The van der Waals surface area contributed by atoms with Crippen molar-refractivity contribution in [1.29, 1.82) is 0 Å². The van der Waals surface area contributed by atoms with Gasteiger partial charge in [0.2, 0.25) is 0 Å². The fourth-order valence-corrected chi connectivity index (χ4v) is 0.691. The van der Waals surface area contributed by atoms with E-state index in [0.29, 0.717) is 0 Å². The second-order valence-corrected chi connectivity index (χ2v) is 3.80. The lowest BCUT2D eigenvalue weighted by Crippen LogP contribution is -2.31. The van der Waals surface area contributed by atoms with Crippen LogP contribution in [0.25, 0.3) is 0 Å². The van der Waals surface area contributed by atoms with E-state index in [1.54, 1.807) is 19.9 Å². The molecule has 0 rings (SSSR count). The molecule has 0 N–H and O–H groups in total. The zero-order chi connectivity index (χ0) is 9.83. The molecule has 0 aromatic heterocycles. The Hall–Kier alpha value is -0.400. The number of rotatable bonds is 4. The third-order valence-electron chi connectivity index (χ3n) is 2.12. The first kappa shape index (κ1) is 11.6. The summed E-state index contributed by atoms with van der Waals surface area (Å²) in [6.07, 6.45) is 5.31. The molecule has 2 heteroatoms. The summed E-state index contributed by atoms with van der Waals surface area (Å²) in [4.78, 5) is 0. The van der Waals surface area contributed by atoms with Gasteiger partial charge in [0.05, 0.1) is 0 Å². The summed E-state index contributed by atoms with van der Waals surface area (Å²) in [5.74, 6) is -2.64. The SMILES string of the molecule is CCC/C=C\C(C)(C)C(C)(F)F. The third kappa shape index (κ3) is 3.33. The van der Waals surface area contributed by atoms with Crippen LogP contribution in [0.2, 0.25) is 0 Å². The van der Waals surface area contributed by atoms with Crippen LogP contribution in [0.1, 0.15) is 40.5 Å². The molecular formula is C10H18F2. The first-order chi connectivity index (χ1) is 5.31. The fraction of sp³-hybridized carbons (Fsp3) is 0.800. The van der Waals surface area contributed by atoms with Gasteiger partial charge >= 0.3 is 0 Å². The molecule has 0 saturated carbocycles. The maximum Gasteiger partial charge on any atom is 0.253 e. The Morgan fingerprint density at radius 2 is 1.67 bits per heavy atom. The Morgan fingerprint density at radius 3 is 2.00 bits per heavy atom. The van der Waals surface area contributed by atoms with E-state index in [0.717, 1.165) is 19.8 Å². The van der Waals surface area contributed by atoms with Gasteiger partial charge in [0, 0.05) is 12.3 Å². The van der Waals surface area contributed by atoms with E-state index >= 15 is 0 Å². The van der Waals surface area contributed by atoms with Crippen molar-refractivity contribution >= 4 is 0 Å². The number of unbranched alkanes of at least 4 members (excludes halogenated alkanes) is 1. The number of hydrogen-bond donors (Lipinski definition) is 0. The summed E-state index contributed by atoms with van der Waals surface area (Å²) < 4.78 is 25.8. The molecular weight excluding hydrogens is 158 g/mol. The lowest BCUT2D eigenvalue weighted by atomic mass is 9.86. The number of allylic oxidation sites excluding steroid dienone is 2. The quantitative estimate of drug-likeness (QED) is 0.567. The Bertz CT molecular complexity index is 152. The molecule has 72 valence electrons. The van der Waals surface area contributed by atoms with Gasteiger partial charge in [-0.15, -0.1) is 0 Å². The molecule has 0 aromatic carbocycles. The molecule has 0 aromatic rings. The summed E-state index contributed by atoms with van der Waals surface area (Å²) in [7, 11) is 0. The van der Waals surface area contributed by atoms with Gasteiger partial charge in [0.15, 0.2) is 0 Å². The Labute approximate surface area is 73.7 Å². The van der Waals surface area contributed by atoms with Crippen LogP contribution in [0.4, 0.5) is 8.78 Å². The van der Waals surface area contributed by atoms with Crippen molar-refractivity contribution in [3.8, 4) is 0 Å². The monoisotopic (exact) mass is 176 g/mol. The molecule has 0 unspecified atom stereocenters. The Kier molecular flexibility index (Phi) is 3.88. The molecule has 0 amide bonds. The number of alkyl halides is 2. The van der Waals surface area contributed by atoms with Crippen LogP contribution in [-0.4, -0.2) is 5.92 Å². The fourth-order valence-electron chi connectivity index (χ4n) is 0.691. The molecule has 0 bridgehead atoms. The minimum atomic E-state index is -2.64.